The zero-order valence-electron chi connectivity index (χ0n) is 21.2. The minimum Gasteiger partial charge on any atom is -0.507 e. The highest BCUT2D eigenvalue weighted by Crippen LogP contribution is 2.43. The average Bonchev–Trinajstić information content (AvgIpc) is 3.12. The van der Waals surface area contributed by atoms with Crippen LogP contribution in [0.5, 0.6) is 11.5 Å². The van der Waals surface area contributed by atoms with Crippen LogP contribution in [-0.2, 0) is 9.59 Å². The Morgan fingerprint density at radius 3 is 2.28 bits per heavy atom. The molecule has 3 aromatic rings. The summed E-state index contributed by atoms with van der Waals surface area (Å²) >= 11 is 0. The summed E-state index contributed by atoms with van der Waals surface area (Å²) in [5.41, 5.74) is 3.60. The van der Waals surface area contributed by atoms with Crippen LogP contribution in [0, 0.1) is 19.8 Å². The summed E-state index contributed by atoms with van der Waals surface area (Å²) in [4.78, 5) is 28.3. The van der Waals surface area contributed by atoms with Gasteiger partial charge in [0.15, 0.2) is 0 Å². The monoisotopic (exact) mass is 485 g/mol. The topological polar surface area (TPSA) is 76.1 Å². The van der Waals surface area contributed by atoms with E-state index in [2.05, 4.69) is 0 Å². The molecule has 4 rings (SSSR count). The average molecular weight is 486 g/mol. The number of hydrogen-bond acceptors (Lipinski definition) is 5. The fourth-order valence-corrected chi connectivity index (χ4v) is 4.47. The fourth-order valence-electron chi connectivity index (χ4n) is 4.47. The van der Waals surface area contributed by atoms with Gasteiger partial charge in [0.1, 0.15) is 17.3 Å². The standard InChI is InChI=1S/C30H31NO5/c1-18(2)17-36-25-11-7-9-22(16-25)28(32)26-27(21-8-6-10-24(15-21)35-5)31(30(34)29(26)33)23-13-19(3)12-20(4)14-23/h6-16,18,27,32H,17H2,1-5H3/b28-26+. The van der Waals surface area contributed by atoms with Crippen LogP contribution in [-0.4, -0.2) is 30.5 Å². The molecule has 1 N–H and O–H groups in total. The number of anilines is 1. The van der Waals surface area contributed by atoms with E-state index in [4.69, 9.17) is 9.47 Å². The zero-order chi connectivity index (χ0) is 26.0. The van der Waals surface area contributed by atoms with Crippen molar-refractivity contribution >= 4 is 23.1 Å². The third-order valence-corrected chi connectivity index (χ3v) is 6.03. The molecule has 186 valence electrons. The van der Waals surface area contributed by atoms with E-state index in [9.17, 15) is 14.7 Å². The van der Waals surface area contributed by atoms with Crippen molar-refractivity contribution in [3.8, 4) is 11.5 Å². The minimum atomic E-state index is -0.832. The van der Waals surface area contributed by atoms with Crippen LogP contribution < -0.4 is 14.4 Å². The number of methoxy groups -OCH3 is 1. The van der Waals surface area contributed by atoms with E-state index >= 15 is 0 Å². The number of carbonyl (C=O) groups is 2. The van der Waals surface area contributed by atoms with Crippen molar-refractivity contribution < 1.29 is 24.2 Å². The van der Waals surface area contributed by atoms with Gasteiger partial charge in [-0.15, -0.1) is 0 Å². The normalized spacial score (nSPS) is 17.1. The molecule has 0 spiro atoms. The van der Waals surface area contributed by atoms with Crippen LogP contribution in [0.25, 0.3) is 5.76 Å². The number of Topliss-reactive ketones (excluding diaryl/α,β-unsaturated/α-hetero) is 1. The summed E-state index contributed by atoms with van der Waals surface area (Å²) in [6.45, 7) is 8.50. The highest BCUT2D eigenvalue weighted by Gasteiger charge is 2.47. The molecule has 6 nitrogen and oxygen atoms in total. The largest absolute Gasteiger partial charge is 0.507 e. The first-order valence-corrected chi connectivity index (χ1v) is 12.0. The van der Waals surface area contributed by atoms with Crippen molar-refractivity contribution in [2.45, 2.75) is 33.7 Å². The van der Waals surface area contributed by atoms with Crippen molar-refractivity contribution in [2.75, 3.05) is 18.6 Å². The van der Waals surface area contributed by atoms with Crippen molar-refractivity contribution in [1.82, 2.24) is 0 Å². The second kappa shape index (κ2) is 10.3. The number of rotatable bonds is 7. The Labute approximate surface area is 211 Å². The van der Waals surface area contributed by atoms with Crippen LogP contribution in [0.4, 0.5) is 5.69 Å². The van der Waals surface area contributed by atoms with Gasteiger partial charge in [0, 0.05) is 11.3 Å². The van der Waals surface area contributed by atoms with Gasteiger partial charge in [0.25, 0.3) is 11.7 Å². The molecular weight excluding hydrogens is 454 g/mol. The molecule has 1 amide bonds. The highest BCUT2D eigenvalue weighted by molar-refractivity contribution is 6.51. The summed E-state index contributed by atoms with van der Waals surface area (Å²) in [6.07, 6.45) is 0. The lowest BCUT2D eigenvalue weighted by molar-refractivity contribution is -0.132. The van der Waals surface area contributed by atoms with Crippen LogP contribution in [0.3, 0.4) is 0 Å². The van der Waals surface area contributed by atoms with Crippen LogP contribution in [0.15, 0.2) is 72.3 Å². The highest BCUT2D eigenvalue weighted by atomic mass is 16.5. The molecule has 1 fully saturated rings. The lowest BCUT2D eigenvalue weighted by Gasteiger charge is -2.26. The summed E-state index contributed by atoms with van der Waals surface area (Å²) < 4.78 is 11.2. The van der Waals surface area contributed by atoms with Gasteiger partial charge in [-0.2, -0.15) is 0 Å². The number of aliphatic hydroxyl groups is 1. The van der Waals surface area contributed by atoms with Crippen LogP contribution in [0.1, 0.15) is 42.1 Å². The van der Waals surface area contributed by atoms with E-state index < -0.39 is 17.7 Å². The predicted octanol–water partition coefficient (Wildman–Crippen LogP) is 5.97. The predicted molar refractivity (Wildman–Crippen MR) is 140 cm³/mol. The first-order chi connectivity index (χ1) is 17.2. The van der Waals surface area contributed by atoms with Gasteiger partial charge in [-0.05, 0) is 72.9 Å². The Kier molecular flexibility index (Phi) is 7.15. The molecule has 0 aliphatic carbocycles. The number of aliphatic hydroxyl groups excluding tert-OH is 1. The maximum atomic E-state index is 13.4. The molecule has 1 atom stereocenters. The van der Waals surface area contributed by atoms with Gasteiger partial charge in [-0.1, -0.05) is 44.2 Å². The Morgan fingerprint density at radius 2 is 1.61 bits per heavy atom. The number of ketones is 1. The third kappa shape index (κ3) is 4.98. The molecule has 1 heterocycles. The third-order valence-electron chi connectivity index (χ3n) is 6.03. The molecule has 0 radical (unpaired) electrons. The molecular formula is C30H31NO5. The number of ether oxygens (including phenoxy) is 2. The quantitative estimate of drug-likeness (QED) is 0.253. The van der Waals surface area contributed by atoms with Crippen LogP contribution >= 0.6 is 0 Å². The SMILES string of the molecule is COc1cccc(C2/C(=C(\O)c3cccc(OCC(C)C)c3)C(=O)C(=O)N2c2cc(C)cc(C)c2)c1. The number of amides is 1. The first-order valence-electron chi connectivity index (χ1n) is 12.0. The van der Waals surface area contributed by atoms with E-state index in [1.54, 1.807) is 49.6 Å². The van der Waals surface area contributed by atoms with Gasteiger partial charge in [-0.25, -0.2) is 0 Å². The van der Waals surface area contributed by atoms with E-state index in [0.717, 1.165) is 11.1 Å². The molecule has 6 heteroatoms. The summed E-state index contributed by atoms with van der Waals surface area (Å²) in [5.74, 6) is -0.187. The fraction of sp³-hybridized carbons (Fsp3) is 0.267. The number of nitrogens with zero attached hydrogens (tertiary/aromatic N) is 1. The van der Waals surface area contributed by atoms with Crippen LogP contribution in [0.2, 0.25) is 0 Å². The molecule has 1 aliphatic rings. The van der Waals surface area contributed by atoms with Crippen molar-refractivity contribution in [1.29, 1.82) is 0 Å². The van der Waals surface area contributed by atoms with Crippen molar-refractivity contribution in [3.63, 3.8) is 0 Å². The Bertz CT molecular complexity index is 1320. The molecule has 0 aromatic heterocycles. The van der Waals surface area contributed by atoms with Gasteiger partial charge in [0.2, 0.25) is 0 Å². The van der Waals surface area contributed by atoms with E-state index in [1.165, 1.54) is 4.90 Å². The Hall–Kier alpha value is -4.06. The molecule has 1 aliphatic heterocycles. The van der Waals surface area contributed by atoms with Gasteiger partial charge < -0.3 is 14.6 Å². The number of hydrogen-bond donors (Lipinski definition) is 1. The molecule has 0 bridgehead atoms. The maximum absolute atomic E-state index is 13.4. The number of aryl methyl sites for hydroxylation is 2. The lowest BCUT2D eigenvalue weighted by Crippen LogP contribution is -2.29. The zero-order valence-corrected chi connectivity index (χ0v) is 21.2. The minimum absolute atomic E-state index is 0.0217. The molecule has 36 heavy (non-hydrogen) atoms. The number of carbonyl (C=O) groups excluding carboxylic acids is 2. The van der Waals surface area contributed by atoms with E-state index in [-0.39, 0.29) is 11.3 Å². The summed E-state index contributed by atoms with van der Waals surface area (Å²) in [7, 11) is 1.56. The molecule has 1 unspecified atom stereocenters. The van der Waals surface area contributed by atoms with Gasteiger partial charge in [-0.3, -0.25) is 14.5 Å². The maximum Gasteiger partial charge on any atom is 0.300 e. The Balaban J connectivity index is 1.90. The van der Waals surface area contributed by atoms with E-state index in [0.29, 0.717) is 40.8 Å². The van der Waals surface area contributed by atoms with Crippen molar-refractivity contribution in [3.05, 3.63) is 94.6 Å². The molecule has 1 saturated heterocycles. The van der Waals surface area contributed by atoms with Gasteiger partial charge >= 0.3 is 0 Å². The smallest absolute Gasteiger partial charge is 0.300 e. The molecule has 0 saturated carbocycles. The summed E-state index contributed by atoms with van der Waals surface area (Å²) in [6, 6.07) is 19.0. The van der Waals surface area contributed by atoms with Crippen molar-refractivity contribution in [2.24, 2.45) is 5.92 Å². The second-order valence-electron chi connectivity index (χ2n) is 9.52. The second-order valence-corrected chi connectivity index (χ2v) is 9.52. The van der Waals surface area contributed by atoms with Gasteiger partial charge in [0.05, 0.1) is 25.3 Å². The summed E-state index contributed by atoms with van der Waals surface area (Å²) in [5, 5.41) is 11.4. The number of benzene rings is 3. The lowest BCUT2D eigenvalue weighted by atomic mass is 9.94. The van der Waals surface area contributed by atoms with E-state index in [1.807, 2.05) is 52.0 Å². The Morgan fingerprint density at radius 1 is 0.944 bits per heavy atom. The first kappa shape index (κ1) is 25.0. The molecule has 3 aromatic carbocycles.